The van der Waals surface area contributed by atoms with Crippen molar-refractivity contribution in [1.82, 2.24) is 5.32 Å². The van der Waals surface area contributed by atoms with Crippen molar-refractivity contribution in [2.45, 2.75) is 44.6 Å². The molecule has 1 amide bonds. The largest absolute Gasteiger partial charge is 0.469 e. The predicted molar refractivity (Wildman–Crippen MR) is 92.7 cm³/mol. The average Bonchev–Trinajstić information content (AvgIpc) is 3.17. The van der Waals surface area contributed by atoms with Gasteiger partial charge in [-0.05, 0) is 35.1 Å². The first kappa shape index (κ1) is 16.8. The molecule has 24 heavy (non-hydrogen) atoms. The minimum absolute atomic E-state index is 0.0123. The minimum atomic E-state index is -0.691. The molecule has 1 aliphatic rings. The van der Waals surface area contributed by atoms with E-state index >= 15 is 0 Å². The van der Waals surface area contributed by atoms with Crippen LogP contribution in [0.4, 0.5) is 0 Å². The van der Waals surface area contributed by atoms with Crippen LogP contribution in [0.25, 0.3) is 0 Å². The van der Waals surface area contributed by atoms with Gasteiger partial charge in [0.15, 0.2) is 0 Å². The van der Waals surface area contributed by atoms with Gasteiger partial charge >= 0.3 is 0 Å². The van der Waals surface area contributed by atoms with E-state index in [0.717, 1.165) is 17.7 Å². The number of hydrogen-bond acceptors (Lipinski definition) is 3. The van der Waals surface area contributed by atoms with E-state index in [1.807, 2.05) is 36.4 Å². The molecule has 2 aromatic rings. The van der Waals surface area contributed by atoms with Crippen LogP contribution in [-0.4, -0.2) is 17.6 Å². The van der Waals surface area contributed by atoms with E-state index in [9.17, 15) is 9.90 Å². The third kappa shape index (κ3) is 3.70. The highest BCUT2D eigenvalue weighted by atomic mass is 16.3. The second-order valence-electron chi connectivity index (χ2n) is 7.60. The molecule has 3 rings (SSSR count). The summed E-state index contributed by atoms with van der Waals surface area (Å²) in [6, 6.07) is 11.7. The Bertz CT molecular complexity index is 683. The number of rotatable bonds is 5. The first-order chi connectivity index (χ1) is 11.4. The van der Waals surface area contributed by atoms with Crippen molar-refractivity contribution in [3.8, 4) is 0 Å². The normalized spacial score (nSPS) is 21.3. The van der Waals surface area contributed by atoms with Gasteiger partial charge in [0, 0.05) is 18.4 Å². The maximum atomic E-state index is 12.2. The maximum absolute atomic E-state index is 12.2. The smallest absolute Gasteiger partial charge is 0.223 e. The fourth-order valence-corrected chi connectivity index (χ4v) is 2.95. The number of carbonyl (C=O) groups is 1. The van der Waals surface area contributed by atoms with E-state index in [1.54, 1.807) is 6.26 Å². The van der Waals surface area contributed by atoms with Crippen molar-refractivity contribution in [1.29, 1.82) is 0 Å². The zero-order chi connectivity index (χ0) is 17.3. The highest BCUT2D eigenvalue weighted by molar-refractivity contribution is 5.82. The number of nitrogens with one attached hydrogen (secondary N) is 1. The van der Waals surface area contributed by atoms with Gasteiger partial charge in [0.2, 0.25) is 5.91 Å². The first-order valence-electron chi connectivity index (χ1n) is 8.46. The lowest BCUT2D eigenvalue weighted by atomic mass is 9.86. The SMILES string of the molecule is CC(C)(C)c1ccc(C(O)CNC(=O)C2CC2c2ccco2)cc1. The number of amides is 1. The standard InChI is InChI=1S/C20H25NO3/c1-20(2,3)14-8-6-13(7-9-14)17(22)12-21-19(23)16-11-15(16)18-5-4-10-24-18/h4-10,15-17,22H,11-12H2,1-3H3,(H,21,23). The molecular weight excluding hydrogens is 302 g/mol. The molecule has 128 valence electrons. The lowest BCUT2D eigenvalue weighted by Crippen LogP contribution is -2.30. The molecule has 1 aliphatic carbocycles. The van der Waals surface area contributed by atoms with E-state index in [1.165, 1.54) is 5.56 Å². The first-order valence-corrected chi connectivity index (χ1v) is 8.46. The van der Waals surface area contributed by atoms with Crippen LogP contribution in [0.15, 0.2) is 47.1 Å². The molecular formula is C20H25NO3. The quantitative estimate of drug-likeness (QED) is 0.883. The second kappa shape index (κ2) is 6.44. The number of furan rings is 1. The van der Waals surface area contributed by atoms with Crippen LogP contribution in [0.1, 0.15) is 56.1 Å². The maximum Gasteiger partial charge on any atom is 0.223 e. The highest BCUT2D eigenvalue weighted by Crippen LogP contribution is 2.47. The van der Waals surface area contributed by atoms with E-state index in [4.69, 9.17) is 4.42 Å². The van der Waals surface area contributed by atoms with Gasteiger partial charge in [-0.3, -0.25) is 4.79 Å². The Kier molecular flexibility index (Phi) is 4.50. The van der Waals surface area contributed by atoms with Gasteiger partial charge in [0.05, 0.1) is 12.4 Å². The lowest BCUT2D eigenvalue weighted by molar-refractivity contribution is -0.122. The fourth-order valence-electron chi connectivity index (χ4n) is 2.95. The summed E-state index contributed by atoms with van der Waals surface area (Å²) >= 11 is 0. The number of carbonyl (C=O) groups excluding carboxylic acids is 1. The molecule has 0 spiro atoms. The molecule has 0 saturated heterocycles. The van der Waals surface area contributed by atoms with Gasteiger partial charge in [-0.15, -0.1) is 0 Å². The van der Waals surface area contributed by atoms with Crippen LogP contribution in [0, 0.1) is 5.92 Å². The molecule has 1 saturated carbocycles. The average molecular weight is 327 g/mol. The molecule has 3 atom stereocenters. The van der Waals surface area contributed by atoms with Gasteiger partial charge in [-0.1, -0.05) is 45.0 Å². The molecule has 4 heteroatoms. The topological polar surface area (TPSA) is 62.5 Å². The Morgan fingerprint density at radius 2 is 2.00 bits per heavy atom. The van der Waals surface area contributed by atoms with Crippen molar-refractivity contribution in [3.05, 3.63) is 59.5 Å². The van der Waals surface area contributed by atoms with Crippen LogP contribution in [0.2, 0.25) is 0 Å². The molecule has 3 unspecified atom stereocenters. The Morgan fingerprint density at radius 3 is 2.58 bits per heavy atom. The number of aliphatic hydroxyl groups is 1. The molecule has 1 aromatic heterocycles. The second-order valence-corrected chi connectivity index (χ2v) is 7.60. The summed E-state index contributed by atoms with van der Waals surface area (Å²) in [4.78, 5) is 12.2. The molecule has 1 fully saturated rings. The van der Waals surface area contributed by atoms with Crippen molar-refractivity contribution in [3.63, 3.8) is 0 Å². The number of benzene rings is 1. The summed E-state index contributed by atoms with van der Waals surface area (Å²) in [7, 11) is 0. The van der Waals surface area contributed by atoms with E-state index < -0.39 is 6.10 Å². The van der Waals surface area contributed by atoms with Gasteiger partial charge in [-0.2, -0.15) is 0 Å². The van der Waals surface area contributed by atoms with Crippen LogP contribution in [0.3, 0.4) is 0 Å². The van der Waals surface area contributed by atoms with E-state index in [-0.39, 0.29) is 29.7 Å². The van der Waals surface area contributed by atoms with E-state index in [2.05, 4.69) is 26.1 Å². The lowest BCUT2D eigenvalue weighted by Gasteiger charge is -2.20. The van der Waals surface area contributed by atoms with Crippen LogP contribution in [-0.2, 0) is 10.2 Å². The third-order valence-electron chi connectivity index (χ3n) is 4.67. The monoisotopic (exact) mass is 327 g/mol. The predicted octanol–water partition coefficient (Wildman–Crippen LogP) is 3.53. The zero-order valence-corrected chi connectivity index (χ0v) is 14.5. The van der Waals surface area contributed by atoms with Crippen LogP contribution >= 0.6 is 0 Å². The molecule has 0 aliphatic heterocycles. The zero-order valence-electron chi connectivity index (χ0n) is 14.5. The summed E-state index contributed by atoms with van der Waals surface area (Å²) in [5, 5.41) is 13.1. The summed E-state index contributed by atoms with van der Waals surface area (Å²) < 4.78 is 5.34. The minimum Gasteiger partial charge on any atom is -0.469 e. The molecule has 1 aromatic carbocycles. The van der Waals surface area contributed by atoms with Crippen molar-refractivity contribution < 1.29 is 14.3 Å². The number of hydrogen-bond donors (Lipinski definition) is 2. The van der Waals surface area contributed by atoms with Crippen molar-refractivity contribution in [2.24, 2.45) is 5.92 Å². The summed E-state index contributed by atoms with van der Waals surface area (Å²) in [6.07, 6.45) is 1.76. The van der Waals surface area contributed by atoms with Crippen LogP contribution < -0.4 is 5.32 Å². The Hall–Kier alpha value is -2.07. The van der Waals surface area contributed by atoms with E-state index in [0.29, 0.717) is 0 Å². The van der Waals surface area contributed by atoms with Gasteiger partial charge in [0.25, 0.3) is 0 Å². The van der Waals surface area contributed by atoms with Crippen molar-refractivity contribution in [2.75, 3.05) is 6.54 Å². The molecule has 2 N–H and O–H groups in total. The van der Waals surface area contributed by atoms with Gasteiger partial charge < -0.3 is 14.8 Å². The molecule has 4 nitrogen and oxygen atoms in total. The molecule has 0 radical (unpaired) electrons. The Labute approximate surface area is 142 Å². The highest BCUT2D eigenvalue weighted by Gasteiger charge is 2.45. The van der Waals surface area contributed by atoms with Crippen molar-refractivity contribution >= 4 is 5.91 Å². The molecule has 1 heterocycles. The molecule has 0 bridgehead atoms. The summed E-state index contributed by atoms with van der Waals surface area (Å²) in [5.74, 6) is 1.00. The van der Waals surface area contributed by atoms with Gasteiger partial charge in [-0.25, -0.2) is 0 Å². The van der Waals surface area contributed by atoms with Crippen LogP contribution in [0.5, 0.6) is 0 Å². The third-order valence-corrected chi connectivity index (χ3v) is 4.67. The summed E-state index contributed by atoms with van der Waals surface area (Å²) in [5.41, 5.74) is 2.13. The Balaban J connectivity index is 1.51. The Morgan fingerprint density at radius 1 is 1.29 bits per heavy atom. The fraction of sp³-hybridized carbons (Fsp3) is 0.450. The summed E-state index contributed by atoms with van der Waals surface area (Å²) in [6.45, 7) is 6.70. The van der Waals surface area contributed by atoms with Gasteiger partial charge in [0.1, 0.15) is 5.76 Å². The number of aliphatic hydroxyl groups excluding tert-OH is 1.